The Morgan fingerprint density at radius 3 is 2.87 bits per heavy atom. The smallest absolute Gasteiger partial charge is 0.100 e. The van der Waals surface area contributed by atoms with Crippen LogP contribution in [0.3, 0.4) is 0 Å². The van der Waals surface area contributed by atoms with Gasteiger partial charge in [0.15, 0.2) is 0 Å². The molecule has 15 heavy (non-hydrogen) atoms. The number of halogens is 1. The third kappa shape index (κ3) is 2.97. The molecule has 0 saturated heterocycles. The van der Waals surface area contributed by atoms with E-state index in [9.17, 15) is 0 Å². The average molecular weight is 265 g/mol. The Bertz CT molecular complexity index is 391. The topological polar surface area (TPSA) is 35.8 Å². The molecule has 0 unspecified atom stereocenters. The molecule has 3 heteroatoms. The van der Waals surface area contributed by atoms with Gasteiger partial charge in [0.1, 0.15) is 6.07 Å². The van der Waals surface area contributed by atoms with Crippen LogP contribution in [0.25, 0.3) is 0 Å². The maximum Gasteiger partial charge on any atom is 0.100 e. The minimum absolute atomic E-state index is 0.683. The zero-order valence-corrected chi connectivity index (χ0v) is 10.0. The molecule has 2 nitrogen and oxygen atoms in total. The number of rotatable bonds is 4. The predicted molar refractivity (Wildman–Crippen MR) is 64.7 cm³/mol. The Kier molecular flexibility index (Phi) is 3.27. The fourth-order valence-corrected chi connectivity index (χ4v) is 2.01. The predicted octanol–water partition coefficient (Wildman–Crippen LogP) is 3.53. The lowest BCUT2D eigenvalue weighted by molar-refractivity contribution is 0.760. The van der Waals surface area contributed by atoms with Crippen LogP contribution in [-0.2, 0) is 0 Å². The maximum absolute atomic E-state index is 8.77. The highest BCUT2D eigenvalue weighted by Crippen LogP contribution is 2.32. The molecule has 1 fully saturated rings. The molecule has 78 valence electrons. The van der Waals surface area contributed by atoms with E-state index in [1.54, 1.807) is 0 Å². The van der Waals surface area contributed by atoms with Gasteiger partial charge in [-0.25, -0.2) is 0 Å². The van der Waals surface area contributed by atoms with Gasteiger partial charge in [0.2, 0.25) is 0 Å². The van der Waals surface area contributed by atoms with Gasteiger partial charge in [0.25, 0.3) is 0 Å². The number of nitrogens with zero attached hydrogens (tertiary/aromatic N) is 1. The minimum atomic E-state index is 0.683. The molecular weight excluding hydrogens is 252 g/mol. The van der Waals surface area contributed by atoms with Crippen LogP contribution in [-0.4, -0.2) is 6.54 Å². The van der Waals surface area contributed by atoms with E-state index in [1.807, 2.05) is 18.2 Å². The summed E-state index contributed by atoms with van der Waals surface area (Å²) in [5.41, 5.74) is 1.77. The zero-order valence-electron chi connectivity index (χ0n) is 8.46. The van der Waals surface area contributed by atoms with Gasteiger partial charge < -0.3 is 5.32 Å². The van der Waals surface area contributed by atoms with Crippen LogP contribution in [0.1, 0.15) is 24.8 Å². The van der Waals surface area contributed by atoms with E-state index < -0.39 is 0 Å². The van der Waals surface area contributed by atoms with Gasteiger partial charge in [-0.05, 0) is 46.5 Å². The van der Waals surface area contributed by atoms with E-state index in [-0.39, 0.29) is 0 Å². The van der Waals surface area contributed by atoms with Gasteiger partial charge in [-0.2, -0.15) is 5.26 Å². The van der Waals surface area contributed by atoms with Crippen molar-refractivity contribution in [3.63, 3.8) is 0 Å². The van der Waals surface area contributed by atoms with E-state index in [2.05, 4.69) is 27.3 Å². The van der Waals surface area contributed by atoms with Crippen molar-refractivity contribution >= 4 is 21.6 Å². The fraction of sp³-hybridized carbons (Fsp3) is 0.417. The molecule has 0 spiro atoms. The van der Waals surface area contributed by atoms with Crippen molar-refractivity contribution in [2.24, 2.45) is 5.92 Å². The van der Waals surface area contributed by atoms with Crippen LogP contribution in [0.2, 0.25) is 0 Å². The summed E-state index contributed by atoms with van der Waals surface area (Å²) in [4.78, 5) is 0. The summed E-state index contributed by atoms with van der Waals surface area (Å²) in [7, 11) is 0. The normalized spacial score (nSPS) is 14.7. The lowest BCUT2D eigenvalue weighted by Gasteiger charge is -2.06. The Hall–Kier alpha value is -1.01. The van der Waals surface area contributed by atoms with E-state index in [4.69, 9.17) is 5.26 Å². The molecule has 0 radical (unpaired) electrons. The van der Waals surface area contributed by atoms with E-state index in [0.717, 1.165) is 22.6 Å². The molecular formula is C12H13BrN2. The quantitative estimate of drug-likeness (QED) is 0.903. The molecule has 0 aromatic heterocycles. The molecule has 2 rings (SSSR count). The first-order valence-electron chi connectivity index (χ1n) is 5.23. The van der Waals surface area contributed by atoms with Gasteiger partial charge >= 0.3 is 0 Å². The van der Waals surface area contributed by atoms with Crippen molar-refractivity contribution in [1.82, 2.24) is 0 Å². The Balaban J connectivity index is 1.90. The molecule has 0 amide bonds. The van der Waals surface area contributed by atoms with Gasteiger partial charge in [0.05, 0.1) is 5.56 Å². The number of nitrogens with one attached hydrogen (secondary N) is 1. The number of hydrogen-bond acceptors (Lipinski definition) is 2. The van der Waals surface area contributed by atoms with Crippen LogP contribution < -0.4 is 5.32 Å². The first-order valence-corrected chi connectivity index (χ1v) is 6.02. The van der Waals surface area contributed by atoms with Crippen molar-refractivity contribution in [3.8, 4) is 6.07 Å². The minimum Gasteiger partial charge on any atom is -0.385 e. The molecule has 1 N–H and O–H groups in total. The Labute approximate surface area is 98.4 Å². The summed E-state index contributed by atoms with van der Waals surface area (Å²) in [6.45, 7) is 1.03. The molecule has 1 aromatic carbocycles. The average Bonchev–Trinajstić information content (AvgIpc) is 3.02. The SMILES string of the molecule is N#Cc1ccc(NCCC2CC2)cc1Br. The monoisotopic (exact) mass is 264 g/mol. The summed E-state index contributed by atoms with van der Waals surface area (Å²) >= 11 is 3.38. The van der Waals surface area contributed by atoms with Crippen LogP contribution in [0, 0.1) is 17.2 Å². The van der Waals surface area contributed by atoms with E-state index in [0.29, 0.717) is 5.56 Å². The van der Waals surface area contributed by atoms with Gasteiger partial charge in [0, 0.05) is 16.7 Å². The number of anilines is 1. The lowest BCUT2D eigenvalue weighted by atomic mass is 10.2. The second-order valence-corrected chi connectivity index (χ2v) is 4.82. The van der Waals surface area contributed by atoms with Crippen molar-refractivity contribution in [2.45, 2.75) is 19.3 Å². The van der Waals surface area contributed by atoms with Crippen molar-refractivity contribution < 1.29 is 0 Å². The van der Waals surface area contributed by atoms with Crippen molar-refractivity contribution in [3.05, 3.63) is 28.2 Å². The molecule has 1 aromatic rings. The van der Waals surface area contributed by atoms with Gasteiger partial charge in [-0.15, -0.1) is 0 Å². The molecule has 0 aliphatic heterocycles. The zero-order chi connectivity index (χ0) is 10.7. The maximum atomic E-state index is 8.77. The van der Waals surface area contributed by atoms with Gasteiger partial charge in [-0.1, -0.05) is 12.8 Å². The Morgan fingerprint density at radius 2 is 2.27 bits per heavy atom. The number of benzene rings is 1. The van der Waals surface area contributed by atoms with Crippen LogP contribution in [0.15, 0.2) is 22.7 Å². The lowest BCUT2D eigenvalue weighted by Crippen LogP contribution is -2.02. The molecule has 0 bridgehead atoms. The molecule has 1 aliphatic carbocycles. The highest BCUT2D eigenvalue weighted by molar-refractivity contribution is 9.10. The standard InChI is InChI=1S/C12H13BrN2/c13-12-7-11(4-3-10(12)8-14)15-6-5-9-1-2-9/h3-4,7,9,15H,1-2,5-6H2. The second kappa shape index (κ2) is 4.67. The summed E-state index contributed by atoms with van der Waals surface area (Å²) in [6.07, 6.45) is 4.06. The highest BCUT2D eigenvalue weighted by Gasteiger charge is 2.20. The third-order valence-corrected chi connectivity index (χ3v) is 3.32. The Morgan fingerprint density at radius 1 is 1.47 bits per heavy atom. The second-order valence-electron chi connectivity index (χ2n) is 3.97. The van der Waals surface area contributed by atoms with Gasteiger partial charge in [-0.3, -0.25) is 0 Å². The van der Waals surface area contributed by atoms with Crippen molar-refractivity contribution in [1.29, 1.82) is 5.26 Å². The summed E-state index contributed by atoms with van der Waals surface area (Å²) in [5.74, 6) is 0.958. The third-order valence-electron chi connectivity index (χ3n) is 2.67. The molecule has 1 saturated carbocycles. The molecule has 0 atom stereocenters. The fourth-order valence-electron chi connectivity index (χ4n) is 1.54. The van der Waals surface area contributed by atoms with E-state index in [1.165, 1.54) is 19.3 Å². The summed E-state index contributed by atoms with van der Waals surface area (Å²) in [5, 5.41) is 12.1. The van der Waals surface area contributed by atoms with E-state index >= 15 is 0 Å². The highest BCUT2D eigenvalue weighted by atomic mass is 79.9. The van der Waals surface area contributed by atoms with Crippen LogP contribution in [0.5, 0.6) is 0 Å². The van der Waals surface area contributed by atoms with Crippen molar-refractivity contribution in [2.75, 3.05) is 11.9 Å². The number of hydrogen-bond donors (Lipinski definition) is 1. The summed E-state index contributed by atoms with van der Waals surface area (Å²) in [6, 6.07) is 7.89. The summed E-state index contributed by atoms with van der Waals surface area (Å²) < 4.78 is 0.862. The first-order chi connectivity index (χ1) is 7.29. The van der Waals surface area contributed by atoms with Crippen LogP contribution in [0.4, 0.5) is 5.69 Å². The van der Waals surface area contributed by atoms with Crippen LogP contribution >= 0.6 is 15.9 Å². The largest absolute Gasteiger partial charge is 0.385 e. The molecule has 0 heterocycles. The molecule has 1 aliphatic rings. The number of nitriles is 1. The first kappa shape index (κ1) is 10.5.